The number of ether oxygens (including phenoxy) is 1. The minimum Gasteiger partial charge on any atom is -0.457 e. The van der Waals surface area contributed by atoms with Crippen molar-refractivity contribution in [3.8, 4) is 11.5 Å². The molecule has 1 N–H and O–H groups in total. The van der Waals surface area contributed by atoms with Crippen LogP contribution in [0, 0.1) is 6.92 Å². The third-order valence-electron chi connectivity index (χ3n) is 2.46. The van der Waals surface area contributed by atoms with Gasteiger partial charge in [-0.1, -0.05) is 24.3 Å². The molecule has 0 aliphatic carbocycles. The van der Waals surface area contributed by atoms with E-state index >= 15 is 0 Å². The predicted octanol–water partition coefficient (Wildman–Crippen LogP) is 3.28. The summed E-state index contributed by atoms with van der Waals surface area (Å²) in [6.45, 7) is 2.03. The Morgan fingerprint density at radius 3 is 2.38 bits per heavy atom. The SMILES string of the molecule is Cc1cc(Oc2ccccc2)ccc1CO. The summed E-state index contributed by atoms with van der Waals surface area (Å²) >= 11 is 0. The second-order valence-electron chi connectivity index (χ2n) is 3.66. The zero-order valence-corrected chi connectivity index (χ0v) is 9.18. The van der Waals surface area contributed by atoms with E-state index in [2.05, 4.69) is 0 Å². The molecule has 0 atom stereocenters. The van der Waals surface area contributed by atoms with Gasteiger partial charge in [0.2, 0.25) is 0 Å². The van der Waals surface area contributed by atoms with E-state index < -0.39 is 0 Å². The molecule has 0 unspecified atom stereocenters. The molecule has 2 aromatic carbocycles. The molecule has 0 saturated heterocycles. The second-order valence-corrected chi connectivity index (χ2v) is 3.66. The van der Waals surface area contributed by atoms with Gasteiger partial charge < -0.3 is 9.84 Å². The van der Waals surface area contributed by atoms with Gasteiger partial charge >= 0.3 is 0 Å². The van der Waals surface area contributed by atoms with E-state index in [1.807, 2.05) is 55.5 Å². The van der Waals surface area contributed by atoms with Crippen LogP contribution in [0.2, 0.25) is 0 Å². The van der Waals surface area contributed by atoms with Gasteiger partial charge in [0.15, 0.2) is 0 Å². The molecule has 2 rings (SSSR count). The van der Waals surface area contributed by atoms with Crippen LogP contribution in [0.15, 0.2) is 48.5 Å². The zero-order valence-electron chi connectivity index (χ0n) is 9.18. The van der Waals surface area contributed by atoms with E-state index in [1.165, 1.54) is 0 Å². The van der Waals surface area contributed by atoms with Gasteiger partial charge in [0.25, 0.3) is 0 Å². The van der Waals surface area contributed by atoms with Gasteiger partial charge in [0, 0.05) is 0 Å². The summed E-state index contributed by atoms with van der Waals surface area (Å²) in [5.41, 5.74) is 1.97. The lowest BCUT2D eigenvalue weighted by molar-refractivity contribution is 0.281. The van der Waals surface area contributed by atoms with Crippen molar-refractivity contribution in [2.45, 2.75) is 13.5 Å². The Balaban J connectivity index is 2.20. The Morgan fingerprint density at radius 2 is 1.75 bits per heavy atom. The molecule has 2 heteroatoms. The lowest BCUT2D eigenvalue weighted by Gasteiger charge is -2.08. The number of rotatable bonds is 3. The molecule has 0 aliphatic rings. The van der Waals surface area contributed by atoms with Crippen LogP contribution in [0.5, 0.6) is 11.5 Å². The first kappa shape index (κ1) is 10.7. The average molecular weight is 214 g/mol. The van der Waals surface area contributed by atoms with Gasteiger partial charge in [-0.15, -0.1) is 0 Å². The van der Waals surface area contributed by atoms with Crippen molar-refractivity contribution in [2.24, 2.45) is 0 Å². The summed E-state index contributed by atoms with van der Waals surface area (Å²) < 4.78 is 5.68. The Bertz CT molecular complexity index is 463. The van der Waals surface area contributed by atoms with E-state index in [1.54, 1.807) is 0 Å². The number of aryl methyl sites for hydroxylation is 1. The summed E-state index contributed by atoms with van der Waals surface area (Å²) in [6, 6.07) is 15.3. The zero-order chi connectivity index (χ0) is 11.4. The molecule has 0 radical (unpaired) electrons. The topological polar surface area (TPSA) is 29.5 Å². The molecule has 16 heavy (non-hydrogen) atoms. The summed E-state index contributed by atoms with van der Waals surface area (Å²) in [4.78, 5) is 0. The molecule has 2 nitrogen and oxygen atoms in total. The third kappa shape index (κ3) is 2.41. The summed E-state index contributed by atoms with van der Waals surface area (Å²) in [7, 11) is 0. The van der Waals surface area contributed by atoms with Crippen LogP contribution in [-0.2, 0) is 6.61 Å². The maximum atomic E-state index is 9.06. The van der Waals surface area contributed by atoms with Crippen LogP contribution in [0.4, 0.5) is 0 Å². The maximum Gasteiger partial charge on any atom is 0.127 e. The van der Waals surface area contributed by atoms with Crippen LogP contribution in [0.3, 0.4) is 0 Å². The molecule has 0 saturated carbocycles. The number of para-hydroxylation sites is 1. The smallest absolute Gasteiger partial charge is 0.127 e. The lowest BCUT2D eigenvalue weighted by Crippen LogP contribution is -1.90. The molecule has 0 aliphatic heterocycles. The predicted molar refractivity (Wildman–Crippen MR) is 63.6 cm³/mol. The van der Waals surface area contributed by atoms with Crippen molar-refractivity contribution in [2.75, 3.05) is 0 Å². The number of hydrogen-bond acceptors (Lipinski definition) is 2. The molecule has 0 heterocycles. The van der Waals surface area contributed by atoms with Crippen molar-refractivity contribution in [3.05, 3.63) is 59.7 Å². The highest BCUT2D eigenvalue weighted by Crippen LogP contribution is 2.23. The lowest BCUT2D eigenvalue weighted by atomic mass is 10.1. The van der Waals surface area contributed by atoms with Gasteiger partial charge in [0.1, 0.15) is 11.5 Å². The fourth-order valence-electron chi connectivity index (χ4n) is 1.53. The third-order valence-corrected chi connectivity index (χ3v) is 2.46. The van der Waals surface area contributed by atoms with Crippen molar-refractivity contribution in [3.63, 3.8) is 0 Å². The van der Waals surface area contributed by atoms with E-state index in [0.29, 0.717) is 0 Å². The molecule has 0 bridgehead atoms. The Kier molecular flexibility index (Phi) is 3.22. The molecule has 0 fully saturated rings. The summed E-state index contributed by atoms with van der Waals surface area (Å²) in [6.07, 6.45) is 0. The quantitative estimate of drug-likeness (QED) is 0.849. The van der Waals surface area contributed by atoms with Crippen molar-refractivity contribution >= 4 is 0 Å². The largest absolute Gasteiger partial charge is 0.457 e. The number of aliphatic hydroxyl groups excluding tert-OH is 1. The Morgan fingerprint density at radius 1 is 1.00 bits per heavy atom. The average Bonchev–Trinajstić information content (AvgIpc) is 2.31. The van der Waals surface area contributed by atoms with Crippen LogP contribution < -0.4 is 4.74 Å². The van der Waals surface area contributed by atoms with E-state index in [-0.39, 0.29) is 6.61 Å². The first-order chi connectivity index (χ1) is 7.79. The highest BCUT2D eigenvalue weighted by Gasteiger charge is 2.00. The minimum atomic E-state index is 0.0669. The van der Waals surface area contributed by atoms with Crippen LogP contribution in [0.1, 0.15) is 11.1 Å². The van der Waals surface area contributed by atoms with Crippen LogP contribution in [0.25, 0.3) is 0 Å². The van der Waals surface area contributed by atoms with Gasteiger partial charge in [-0.25, -0.2) is 0 Å². The highest BCUT2D eigenvalue weighted by molar-refractivity contribution is 5.37. The minimum absolute atomic E-state index is 0.0669. The standard InChI is InChI=1S/C14H14O2/c1-11-9-14(8-7-12(11)10-15)16-13-5-3-2-4-6-13/h2-9,15H,10H2,1H3. The molecule has 0 spiro atoms. The van der Waals surface area contributed by atoms with Gasteiger partial charge in [-0.3, -0.25) is 0 Å². The number of hydrogen-bond donors (Lipinski definition) is 1. The Labute approximate surface area is 95.1 Å². The van der Waals surface area contributed by atoms with Crippen LogP contribution in [-0.4, -0.2) is 5.11 Å². The van der Waals surface area contributed by atoms with E-state index in [4.69, 9.17) is 9.84 Å². The first-order valence-electron chi connectivity index (χ1n) is 5.23. The molecule has 0 amide bonds. The number of aliphatic hydroxyl groups is 1. The van der Waals surface area contributed by atoms with Gasteiger partial charge in [0.05, 0.1) is 6.61 Å². The number of benzene rings is 2. The molecule has 82 valence electrons. The Hall–Kier alpha value is -1.80. The summed E-state index contributed by atoms with van der Waals surface area (Å²) in [5, 5.41) is 9.06. The summed E-state index contributed by atoms with van der Waals surface area (Å²) in [5.74, 6) is 1.61. The molecule has 2 aromatic rings. The molecular weight excluding hydrogens is 200 g/mol. The van der Waals surface area contributed by atoms with Crippen molar-refractivity contribution in [1.82, 2.24) is 0 Å². The maximum absolute atomic E-state index is 9.06. The monoisotopic (exact) mass is 214 g/mol. The highest BCUT2D eigenvalue weighted by atomic mass is 16.5. The fraction of sp³-hybridized carbons (Fsp3) is 0.143. The van der Waals surface area contributed by atoms with Crippen LogP contribution >= 0.6 is 0 Å². The van der Waals surface area contributed by atoms with E-state index in [0.717, 1.165) is 22.6 Å². The second kappa shape index (κ2) is 4.81. The van der Waals surface area contributed by atoms with Crippen molar-refractivity contribution < 1.29 is 9.84 Å². The van der Waals surface area contributed by atoms with Gasteiger partial charge in [-0.05, 0) is 42.3 Å². The first-order valence-corrected chi connectivity index (χ1v) is 5.23. The fourth-order valence-corrected chi connectivity index (χ4v) is 1.53. The van der Waals surface area contributed by atoms with Gasteiger partial charge in [-0.2, -0.15) is 0 Å². The molecule has 0 aromatic heterocycles. The van der Waals surface area contributed by atoms with E-state index in [9.17, 15) is 0 Å². The normalized spacial score (nSPS) is 10.1. The van der Waals surface area contributed by atoms with Crippen molar-refractivity contribution in [1.29, 1.82) is 0 Å². The molecular formula is C14H14O2.